The number of benzene rings is 2. The van der Waals surface area contributed by atoms with Crippen LogP contribution in [0.5, 0.6) is 5.75 Å². The zero-order chi connectivity index (χ0) is 24.9. The van der Waals surface area contributed by atoms with Crippen LogP contribution in [0.1, 0.15) is 29.8 Å². The van der Waals surface area contributed by atoms with Gasteiger partial charge in [0.05, 0.1) is 21.8 Å². The topological polar surface area (TPSA) is 87.8 Å². The molecular formula is C27H33N5O3S. The normalized spacial score (nSPS) is 16.0. The highest BCUT2D eigenvalue weighted by Gasteiger charge is 2.21. The molecule has 1 aliphatic rings. The Bertz CT molecular complexity index is 1260. The first-order valence-electron chi connectivity index (χ1n) is 12.6. The zero-order valence-corrected chi connectivity index (χ0v) is 21.7. The van der Waals surface area contributed by atoms with Gasteiger partial charge in [-0.3, -0.25) is 9.80 Å². The molecule has 1 saturated heterocycles. The summed E-state index contributed by atoms with van der Waals surface area (Å²) in [4.78, 5) is 13.7. The lowest BCUT2D eigenvalue weighted by atomic mass is 10.1. The Balaban J connectivity index is 1.05. The van der Waals surface area contributed by atoms with E-state index < -0.39 is 6.10 Å². The first-order chi connectivity index (χ1) is 17.6. The molecule has 8 nitrogen and oxygen atoms in total. The van der Waals surface area contributed by atoms with Gasteiger partial charge in [0.1, 0.15) is 18.5 Å². The summed E-state index contributed by atoms with van der Waals surface area (Å²) in [6.07, 6.45) is 1.67. The van der Waals surface area contributed by atoms with Crippen LogP contribution < -0.4 is 4.74 Å². The molecule has 4 aromatic rings. The summed E-state index contributed by atoms with van der Waals surface area (Å²) < 4.78 is 12.5. The summed E-state index contributed by atoms with van der Waals surface area (Å²) in [6.45, 7) is 9.20. The van der Waals surface area contributed by atoms with Gasteiger partial charge in [-0.25, -0.2) is 4.98 Å². The molecule has 1 atom stereocenters. The van der Waals surface area contributed by atoms with Crippen molar-refractivity contribution in [2.75, 3.05) is 39.3 Å². The van der Waals surface area contributed by atoms with E-state index in [9.17, 15) is 5.11 Å². The lowest BCUT2D eigenvalue weighted by molar-refractivity contribution is 0.0426. The molecule has 1 fully saturated rings. The smallest absolute Gasteiger partial charge is 0.241 e. The Morgan fingerprint density at radius 1 is 1.06 bits per heavy atom. The number of fused-ring (bicyclic) bond motifs is 1. The van der Waals surface area contributed by atoms with Crippen molar-refractivity contribution in [3.05, 3.63) is 58.9 Å². The minimum atomic E-state index is -0.549. The van der Waals surface area contributed by atoms with Gasteiger partial charge in [0.2, 0.25) is 11.7 Å². The number of aliphatic hydroxyl groups excluding tert-OH is 1. The SMILES string of the molecule is CCCc1ccc(-c2noc(CN3CCN(C[C@H](O)COc4ccc5sc(C)nc5c4)CC3)n2)cc1. The molecule has 3 heterocycles. The number of aliphatic hydroxyl groups is 1. The Morgan fingerprint density at radius 2 is 1.83 bits per heavy atom. The van der Waals surface area contributed by atoms with Crippen molar-refractivity contribution in [3.63, 3.8) is 0 Å². The molecule has 0 bridgehead atoms. The lowest BCUT2D eigenvalue weighted by Crippen LogP contribution is -2.48. The molecule has 0 saturated carbocycles. The van der Waals surface area contributed by atoms with Crippen molar-refractivity contribution in [3.8, 4) is 17.1 Å². The van der Waals surface area contributed by atoms with Gasteiger partial charge in [0, 0.05) is 44.4 Å². The summed E-state index contributed by atoms with van der Waals surface area (Å²) in [5.41, 5.74) is 3.25. The first kappa shape index (κ1) is 24.8. The highest BCUT2D eigenvalue weighted by Crippen LogP contribution is 2.25. The van der Waals surface area contributed by atoms with E-state index in [4.69, 9.17) is 9.26 Å². The lowest BCUT2D eigenvalue weighted by Gasteiger charge is -2.34. The second kappa shape index (κ2) is 11.5. The van der Waals surface area contributed by atoms with E-state index in [1.54, 1.807) is 11.3 Å². The number of β-amino-alcohol motifs (C(OH)–C–C–N with tert-alkyl or cyclic N) is 1. The van der Waals surface area contributed by atoms with E-state index >= 15 is 0 Å². The highest BCUT2D eigenvalue weighted by molar-refractivity contribution is 7.18. The van der Waals surface area contributed by atoms with E-state index in [1.165, 1.54) is 5.56 Å². The Morgan fingerprint density at radius 3 is 2.61 bits per heavy atom. The number of thiazole rings is 1. The van der Waals surface area contributed by atoms with Crippen molar-refractivity contribution >= 4 is 21.6 Å². The minimum Gasteiger partial charge on any atom is -0.491 e. The molecule has 1 N–H and O–H groups in total. The highest BCUT2D eigenvalue weighted by atomic mass is 32.1. The van der Waals surface area contributed by atoms with Gasteiger partial charge in [0.25, 0.3) is 0 Å². The van der Waals surface area contributed by atoms with E-state index in [1.807, 2.05) is 25.1 Å². The Kier molecular flexibility index (Phi) is 7.91. The molecule has 2 aromatic carbocycles. The van der Waals surface area contributed by atoms with Crippen molar-refractivity contribution < 1.29 is 14.4 Å². The van der Waals surface area contributed by atoms with Gasteiger partial charge in [-0.05, 0) is 31.0 Å². The van der Waals surface area contributed by atoms with Crippen LogP contribution in [-0.4, -0.2) is 75.5 Å². The summed E-state index contributed by atoms with van der Waals surface area (Å²) >= 11 is 1.67. The van der Waals surface area contributed by atoms with Crippen LogP contribution in [0.3, 0.4) is 0 Å². The van der Waals surface area contributed by atoms with Gasteiger partial charge < -0.3 is 14.4 Å². The number of hydrogen-bond acceptors (Lipinski definition) is 9. The van der Waals surface area contributed by atoms with Gasteiger partial charge >= 0.3 is 0 Å². The molecule has 0 amide bonds. The molecular weight excluding hydrogens is 474 g/mol. The third kappa shape index (κ3) is 6.28. The fourth-order valence-corrected chi connectivity index (χ4v) is 5.33. The third-order valence-corrected chi connectivity index (χ3v) is 7.37. The molecule has 5 rings (SSSR count). The van der Waals surface area contributed by atoms with Crippen LogP contribution in [-0.2, 0) is 13.0 Å². The fourth-order valence-electron chi connectivity index (χ4n) is 4.52. The number of rotatable bonds is 10. The van der Waals surface area contributed by atoms with Crippen LogP contribution in [0.15, 0.2) is 47.0 Å². The van der Waals surface area contributed by atoms with Crippen LogP contribution in [0.25, 0.3) is 21.6 Å². The van der Waals surface area contributed by atoms with Gasteiger partial charge in [-0.2, -0.15) is 4.98 Å². The maximum atomic E-state index is 10.5. The van der Waals surface area contributed by atoms with Crippen molar-refractivity contribution in [1.82, 2.24) is 24.9 Å². The minimum absolute atomic E-state index is 0.263. The van der Waals surface area contributed by atoms with E-state index in [2.05, 4.69) is 56.1 Å². The van der Waals surface area contributed by atoms with Gasteiger partial charge in [-0.1, -0.05) is 42.8 Å². The number of piperazine rings is 1. The summed E-state index contributed by atoms with van der Waals surface area (Å²) in [5.74, 6) is 2.02. The molecule has 0 spiro atoms. The second-order valence-corrected chi connectivity index (χ2v) is 10.6. The molecule has 2 aromatic heterocycles. The maximum Gasteiger partial charge on any atom is 0.241 e. The van der Waals surface area contributed by atoms with E-state index in [0.29, 0.717) is 24.8 Å². The predicted octanol–water partition coefficient (Wildman–Crippen LogP) is 4.16. The average Bonchev–Trinajstić information content (AvgIpc) is 3.50. The molecule has 0 aliphatic carbocycles. The first-order valence-corrected chi connectivity index (χ1v) is 13.4. The predicted molar refractivity (Wildman–Crippen MR) is 141 cm³/mol. The number of nitrogens with zero attached hydrogens (tertiary/aromatic N) is 5. The number of ether oxygens (including phenoxy) is 1. The van der Waals surface area contributed by atoms with Crippen molar-refractivity contribution in [1.29, 1.82) is 0 Å². The van der Waals surface area contributed by atoms with Gasteiger partial charge in [-0.15, -0.1) is 11.3 Å². The van der Waals surface area contributed by atoms with Crippen molar-refractivity contribution in [2.45, 2.75) is 39.3 Å². The largest absolute Gasteiger partial charge is 0.491 e. The second-order valence-electron chi connectivity index (χ2n) is 9.36. The van der Waals surface area contributed by atoms with E-state index in [-0.39, 0.29) is 6.61 Å². The molecule has 1 aliphatic heterocycles. The zero-order valence-electron chi connectivity index (χ0n) is 20.9. The van der Waals surface area contributed by atoms with Crippen LogP contribution in [0.2, 0.25) is 0 Å². The molecule has 0 radical (unpaired) electrons. The summed E-state index contributed by atoms with van der Waals surface area (Å²) in [5, 5.41) is 15.7. The summed E-state index contributed by atoms with van der Waals surface area (Å²) in [6, 6.07) is 14.3. The van der Waals surface area contributed by atoms with Crippen LogP contribution in [0.4, 0.5) is 0 Å². The standard InChI is InChI=1S/C27H33N5O3S/c1-3-4-20-5-7-21(8-6-20)27-29-26(35-30-27)17-32-13-11-31(12-14-32)16-22(33)18-34-23-9-10-25-24(15-23)28-19(2)36-25/h5-10,15,22,33H,3-4,11-14,16-18H2,1-2H3/t22-/m0/s1. The Hall–Kier alpha value is -2.85. The third-order valence-electron chi connectivity index (χ3n) is 6.42. The quantitative estimate of drug-likeness (QED) is 0.342. The van der Waals surface area contributed by atoms with Gasteiger partial charge in [0.15, 0.2) is 0 Å². The average molecular weight is 508 g/mol. The van der Waals surface area contributed by atoms with Crippen LogP contribution >= 0.6 is 11.3 Å². The number of hydrogen-bond donors (Lipinski definition) is 1. The summed E-state index contributed by atoms with van der Waals surface area (Å²) in [7, 11) is 0. The van der Waals surface area contributed by atoms with Crippen LogP contribution in [0, 0.1) is 6.92 Å². The van der Waals surface area contributed by atoms with Crippen molar-refractivity contribution in [2.24, 2.45) is 0 Å². The molecule has 36 heavy (non-hydrogen) atoms. The number of aryl methyl sites for hydroxylation is 2. The Labute approximate surface area is 215 Å². The molecule has 190 valence electrons. The fraction of sp³-hybridized carbons (Fsp3) is 0.444. The number of aromatic nitrogens is 3. The maximum absolute atomic E-state index is 10.5. The molecule has 9 heteroatoms. The monoisotopic (exact) mass is 507 g/mol. The molecule has 0 unspecified atom stereocenters. The van der Waals surface area contributed by atoms with E-state index in [0.717, 1.165) is 65.6 Å².